The van der Waals surface area contributed by atoms with Crippen LogP contribution in [-0.2, 0) is 23.7 Å². The minimum atomic E-state index is -0.771. The topological polar surface area (TPSA) is 55.4 Å². The number of ether oxygens (including phenoxy) is 6. The molecule has 2 aliphatic heterocycles. The van der Waals surface area contributed by atoms with Gasteiger partial charge in [-0.3, -0.25) is 0 Å². The zero-order valence-corrected chi connectivity index (χ0v) is 16.9. The van der Waals surface area contributed by atoms with Crippen LogP contribution >= 0.6 is 12.2 Å². The van der Waals surface area contributed by atoms with Gasteiger partial charge in [0.25, 0.3) is 0 Å². The van der Waals surface area contributed by atoms with Crippen molar-refractivity contribution in [3.8, 4) is 5.75 Å². The van der Waals surface area contributed by atoms with Gasteiger partial charge in [0.15, 0.2) is 11.6 Å². The van der Waals surface area contributed by atoms with Gasteiger partial charge in [-0.1, -0.05) is 24.8 Å². The molecule has 148 valence electrons. The summed E-state index contributed by atoms with van der Waals surface area (Å²) in [6.45, 7) is 12.1. The summed E-state index contributed by atoms with van der Waals surface area (Å²) < 4.78 is 34.9. The second kappa shape index (κ2) is 7.85. The highest BCUT2D eigenvalue weighted by Gasteiger charge is 2.49. The van der Waals surface area contributed by atoms with Gasteiger partial charge >= 0.3 is 5.24 Å². The van der Waals surface area contributed by atoms with Crippen LogP contribution in [-0.4, -0.2) is 48.3 Å². The average molecular weight is 394 g/mol. The lowest BCUT2D eigenvalue weighted by Gasteiger charge is -2.40. The summed E-state index contributed by atoms with van der Waals surface area (Å²) in [7, 11) is 0. The Kier molecular flexibility index (Phi) is 5.88. The minimum Gasteiger partial charge on any atom is -0.454 e. The highest BCUT2D eigenvalue weighted by molar-refractivity contribution is 7.79. The van der Waals surface area contributed by atoms with Gasteiger partial charge in [0, 0.05) is 12.2 Å². The first-order valence-corrected chi connectivity index (χ1v) is 9.31. The maximum absolute atomic E-state index is 6.09. The van der Waals surface area contributed by atoms with Crippen LogP contribution in [0.25, 0.3) is 0 Å². The molecule has 0 unspecified atom stereocenters. The molecule has 0 N–H and O–H groups in total. The Balaban J connectivity index is 1.63. The monoisotopic (exact) mass is 394 g/mol. The van der Waals surface area contributed by atoms with E-state index >= 15 is 0 Å². The highest BCUT2D eigenvalue weighted by atomic mass is 32.1. The molecule has 0 radical (unpaired) electrons. The number of thiocarbonyl (C=S) groups is 1. The van der Waals surface area contributed by atoms with Gasteiger partial charge in [-0.05, 0) is 45.4 Å². The summed E-state index contributed by atoms with van der Waals surface area (Å²) in [4.78, 5) is 0. The number of hydrogen-bond donors (Lipinski definition) is 0. The molecule has 3 atom stereocenters. The van der Waals surface area contributed by atoms with Crippen LogP contribution in [0.3, 0.4) is 0 Å². The fourth-order valence-electron chi connectivity index (χ4n) is 3.08. The third-order valence-electron chi connectivity index (χ3n) is 4.25. The van der Waals surface area contributed by atoms with E-state index in [1.807, 2.05) is 45.9 Å². The van der Waals surface area contributed by atoms with Crippen molar-refractivity contribution in [1.29, 1.82) is 0 Å². The van der Waals surface area contributed by atoms with Crippen LogP contribution in [0.1, 0.15) is 27.7 Å². The van der Waals surface area contributed by atoms with E-state index in [2.05, 4.69) is 6.58 Å². The van der Waals surface area contributed by atoms with Crippen molar-refractivity contribution in [1.82, 2.24) is 0 Å². The van der Waals surface area contributed by atoms with Crippen molar-refractivity contribution in [2.24, 2.45) is 0 Å². The first kappa shape index (κ1) is 20.2. The number of hydrogen-bond acceptors (Lipinski definition) is 7. The second-order valence-electron chi connectivity index (χ2n) is 7.50. The quantitative estimate of drug-likeness (QED) is 0.571. The third-order valence-corrected chi connectivity index (χ3v) is 4.45. The van der Waals surface area contributed by atoms with Crippen LogP contribution in [0.15, 0.2) is 42.5 Å². The molecule has 2 aliphatic rings. The second-order valence-corrected chi connectivity index (χ2v) is 7.83. The summed E-state index contributed by atoms with van der Waals surface area (Å²) in [6, 6.07) is 9.23. The number of para-hydroxylation sites is 1. The van der Waals surface area contributed by atoms with Gasteiger partial charge in [0.1, 0.15) is 30.7 Å². The summed E-state index contributed by atoms with van der Waals surface area (Å²) in [5.74, 6) is -0.878. The molecule has 1 aromatic rings. The Morgan fingerprint density at radius 3 is 2.52 bits per heavy atom. The fourth-order valence-corrected chi connectivity index (χ4v) is 3.25. The molecule has 3 rings (SSSR count). The molecule has 7 heteroatoms. The highest BCUT2D eigenvalue weighted by Crippen LogP contribution is 2.37. The summed E-state index contributed by atoms with van der Waals surface area (Å²) >= 11 is 5.17. The lowest BCUT2D eigenvalue weighted by atomic mass is 10.0. The van der Waals surface area contributed by atoms with Gasteiger partial charge in [-0.15, -0.1) is 0 Å². The van der Waals surface area contributed by atoms with Crippen LogP contribution in [0, 0.1) is 0 Å². The van der Waals surface area contributed by atoms with E-state index < -0.39 is 23.8 Å². The molecule has 0 spiro atoms. The van der Waals surface area contributed by atoms with Crippen molar-refractivity contribution in [2.75, 3.05) is 13.2 Å². The minimum absolute atomic E-state index is 0.0281. The number of benzene rings is 1. The molecular formula is C20H26O6S. The van der Waals surface area contributed by atoms with E-state index in [9.17, 15) is 0 Å². The van der Waals surface area contributed by atoms with Crippen LogP contribution < -0.4 is 4.74 Å². The smallest absolute Gasteiger partial charge is 0.357 e. The maximum Gasteiger partial charge on any atom is 0.357 e. The predicted molar refractivity (Wildman–Crippen MR) is 103 cm³/mol. The molecule has 2 saturated heterocycles. The Labute approximate surface area is 165 Å². The van der Waals surface area contributed by atoms with Crippen molar-refractivity contribution in [3.63, 3.8) is 0 Å². The first-order valence-electron chi connectivity index (χ1n) is 8.90. The van der Waals surface area contributed by atoms with E-state index in [1.165, 1.54) is 0 Å². The van der Waals surface area contributed by atoms with E-state index in [4.69, 9.17) is 40.6 Å². The molecule has 2 fully saturated rings. The Morgan fingerprint density at radius 1 is 1.11 bits per heavy atom. The molecule has 1 aromatic carbocycles. The molecule has 0 aromatic heterocycles. The zero-order valence-electron chi connectivity index (χ0n) is 16.1. The molecule has 0 saturated carbocycles. The first-order chi connectivity index (χ1) is 12.7. The molecule has 6 nitrogen and oxygen atoms in total. The normalized spacial score (nSPS) is 29.3. The van der Waals surface area contributed by atoms with E-state index in [-0.39, 0.29) is 17.9 Å². The Morgan fingerprint density at radius 2 is 1.81 bits per heavy atom. The largest absolute Gasteiger partial charge is 0.454 e. The molecule has 0 bridgehead atoms. The van der Waals surface area contributed by atoms with Gasteiger partial charge in [-0.2, -0.15) is 0 Å². The summed E-state index contributed by atoms with van der Waals surface area (Å²) in [5, 5.41) is 0.0281. The molecule has 27 heavy (non-hydrogen) atoms. The Hall–Kier alpha value is -1.51. The fraction of sp³-hybridized carbons (Fsp3) is 0.550. The predicted octanol–water partition coefficient (Wildman–Crippen LogP) is 3.59. The van der Waals surface area contributed by atoms with Crippen LogP contribution in [0.2, 0.25) is 0 Å². The molecule has 0 amide bonds. The average Bonchev–Trinajstić information content (AvgIpc) is 2.91. The van der Waals surface area contributed by atoms with E-state index in [0.29, 0.717) is 12.4 Å². The summed E-state index contributed by atoms with van der Waals surface area (Å²) in [5.41, 5.74) is 0.800. The van der Waals surface area contributed by atoms with Gasteiger partial charge in [-0.25, -0.2) is 0 Å². The van der Waals surface area contributed by atoms with Crippen molar-refractivity contribution in [3.05, 3.63) is 42.5 Å². The molecule has 0 aliphatic carbocycles. The van der Waals surface area contributed by atoms with Crippen LogP contribution in [0.5, 0.6) is 5.75 Å². The standard InChI is InChI=1S/C20H26O6S/c1-13-11-22-19(2,3)25-16(13)17-15(24-20(4,5)26-17)12-21-18(27)23-14-9-7-6-8-10-14/h6-10,15-17H,1,11-12H2,2-5H3/t15-,16+,17+/m0/s1. The molecular weight excluding hydrogens is 368 g/mol. The van der Waals surface area contributed by atoms with Gasteiger partial charge in [0.05, 0.1) is 6.61 Å². The molecule has 2 heterocycles. The summed E-state index contributed by atoms with van der Waals surface area (Å²) in [6.07, 6.45) is -1.16. The third kappa shape index (κ3) is 5.27. The zero-order chi connectivity index (χ0) is 19.7. The van der Waals surface area contributed by atoms with Crippen molar-refractivity contribution >= 4 is 17.5 Å². The Bertz CT molecular complexity index is 687. The lowest BCUT2D eigenvalue weighted by Crippen LogP contribution is -2.50. The van der Waals surface area contributed by atoms with Crippen molar-refractivity contribution in [2.45, 2.75) is 57.6 Å². The van der Waals surface area contributed by atoms with E-state index in [1.54, 1.807) is 12.1 Å². The van der Waals surface area contributed by atoms with Crippen LogP contribution in [0.4, 0.5) is 0 Å². The maximum atomic E-state index is 6.09. The van der Waals surface area contributed by atoms with Gasteiger partial charge < -0.3 is 28.4 Å². The van der Waals surface area contributed by atoms with Crippen molar-refractivity contribution < 1.29 is 28.4 Å². The van der Waals surface area contributed by atoms with E-state index in [0.717, 1.165) is 5.57 Å². The van der Waals surface area contributed by atoms with Gasteiger partial charge in [0.2, 0.25) is 0 Å². The lowest BCUT2D eigenvalue weighted by molar-refractivity contribution is -0.272. The number of rotatable bonds is 4. The SMILES string of the molecule is C=C1COC(C)(C)O[C@H]1[C@@H]1OC(C)(C)O[C@H]1COC(=S)Oc1ccccc1.